The number of anilines is 1. The van der Waals surface area contributed by atoms with E-state index in [1.165, 1.54) is 12.1 Å². The maximum Gasteiger partial charge on any atom is 0.271 e. The highest BCUT2D eigenvalue weighted by Gasteiger charge is 2.18. The first-order valence-corrected chi connectivity index (χ1v) is 12.0. The summed E-state index contributed by atoms with van der Waals surface area (Å²) >= 11 is 5.86. The van der Waals surface area contributed by atoms with Crippen LogP contribution in [0.25, 0.3) is 0 Å². The second-order valence-corrected chi connectivity index (χ2v) is 9.31. The molecule has 1 fully saturated rings. The molecular weight excluding hydrogens is 452 g/mol. The Hall–Kier alpha value is -2.95. The highest BCUT2D eigenvalue weighted by molar-refractivity contribution is 7.89. The van der Waals surface area contributed by atoms with Crippen LogP contribution in [0.5, 0.6) is 0 Å². The van der Waals surface area contributed by atoms with Crippen molar-refractivity contribution in [3.63, 3.8) is 0 Å². The van der Waals surface area contributed by atoms with Crippen LogP contribution >= 0.6 is 11.6 Å². The minimum Gasteiger partial charge on any atom is -0.354 e. The van der Waals surface area contributed by atoms with Crippen molar-refractivity contribution in [3.8, 4) is 0 Å². The number of nitrogens with zero attached hydrogens (tertiary/aromatic N) is 3. The summed E-state index contributed by atoms with van der Waals surface area (Å²) in [6.07, 6.45) is 3.22. The molecule has 0 aromatic heterocycles. The molecule has 9 nitrogen and oxygen atoms in total. The fourth-order valence-electron chi connectivity index (χ4n) is 3.17. The summed E-state index contributed by atoms with van der Waals surface area (Å²) in [6, 6.07) is 12.5. The van der Waals surface area contributed by atoms with Gasteiger partial charge in [0.15, 0.2) is 5.84 Å². The summed E-state index contributed by atoms with van der Waals surface area (Å²) in [5, 5.41) is 14.4. The van der Waals surface area contributed by atoms with Gasteiger partial charge in [0.05, 0.1) is 10.6 Å². The number of hydrazone groups is 2. The van der Waals surface area contributed by atoms with Crippen LogP contribution in [0.1, 0.15) is 36.5 Å². The number of amides is 1. The van der Waals surface area contributed by atoms with E-state index < -0.39 is 10.0 Å². The number of amidine groups is 1. The van der Waals surface area contributed by atoms with Crippen molar-refractivity contribution in [2.24, 2.45) is 15.3 Å². The Morgan fingerprint density at radius 2 is 1.62 bits per heavy atom. The first kappa shape index (κ1) is 23.7. The molecule has 4 N–H and O–H groups in total. The zero-order valence-corrected chi connectivity index (χ0v) is 19.2. The van der Waals surface area contributed by atoms with Gasteiger partial charge < -0.3 is 4.90 Å². The molecule has 11 heteroatoms. The smallest absolute Gasteiger partial charge is 0.271 e. The van der Waals surface area contributed by atoms with E-state index in [0.29, 0.717) is 27.8 Å². The Morgan fingerprint density at radius 1 is 1.00 bits per heavy atom. The van der Waals surface area contributed by atoms with Crippen LogP contribution in [0, 0.1) is 0 Å². The summed E-state index contributed by atoms with van der Waals surface area (Å²) in [6.45, 7) is 3.41. The zero-order valence-electron chi connectivity index (χ0n) is 17.6. The minimum atomic E-state index is -3.76. The third kappa shape index (κ3) is 6.52. The van der Waals surface area contributed by atoms with Crippen molar-refractivity contribution in [2.45, 2.75) is 31.1 Å². The molecule has 0 bridgehead atoms. The fraction of sp³-hybridized carbons (Fsp3) is 0.286. The second kappa shape index (κ2) is 10.6. The highest BCUT2D eigenvalue weighted by atomic mass is 35.5. The van der Waals surface area contributed by atoms with Crippen LogP contribution in [-0.2, 0) is 10.0 Å². The van der Waals surface area contributed by atoms with Crippen LogP contribution in [0.15, 0.2) is 63.6 Å². The van der Waals surface area contributed by atoms with Crippen LogP contribution in [0.3, 0.4) is 0 Å². The van der Waals surface area contributed by atoms with Gasteiger partial charge in [-0.2, -0.15) is 10.2 Å². The van der Waals surface area contributed by atoms with Crippen molar-refractivity contribution in [3.05, 3.63) is 59.1 Å². The van der Waals surface area contributed by atoms with Gasteiger partial charge >= 0.3 is 0 Å². The quantitative estimate of drug-likeness (QED) is 0.335. The van der Waals surface area contributed by atoms with E-state index in [9.17, 15) is 13.2 Å². The molecule has 32 heavy (non-hydrogen) atoms. The number of carbonyl (C=O) groups excluding carboxylic acids is 1. The van der Waals surface area contributed by atoms with Crippen molar-refractivity contribution in [1.29, 1.82) is 0 Å². The molecule has 170 valence electrons. The molecule has 0 spiro atoms. The molecule has 0 unspecified atom stereocenters. The third-order valence-electron chi connectivity index (χ3n) is 4.88. The van der Waals surface area contributed by atoms with E-state index in [4.69, 9.17) is 16.7 Å². The van der Waals surface area contributed by atoms with E-state index in [0.717, 1.165) is 32.4 Å². The monoisotopic (exact) mass is 476 g/mol. The Labute approximate surface area is 192 Å². The number of sulfonamides is 1. The predicted molar refractivity (Wildman–Crippen MR) is 126 cm³/mol. The number of halogens is 1. The zero-order chi connectivity index (χ0) is 23.1. The molecule has 0 atom stereocenters. The van der Waals surface area contributed by atoms with E-state index >= 15 is 0 Å². The van der Waals surface area contributed by atoms with E-state index in [1.54, 1.807) is 43.3 Å². The van der Waals surface area contributed by atoms with Gasteiger partial charge in [0.25, 0.3) is 5.91 Å². The average molecular weight is 477 g/mol. The van der Waals surface area contributed by atoms with Crippen LogP contribution < -0.4 is 16.0 Å². The van der Waals surface area contributed by atoms with Gasteiger partial charge in [-0.15, -0.1) is 0 Å². The minimum absolute atomic E-state index is 0.0194. The number of nitrogens with two attached hydrogens (primary N) is 1. The number of carbonyl (C=O) groups is 1. The van der Waals surface area contributed by atoms with Gasteiger partial charge in [-0.1, -0.05) is 11.6 Å². The van der Waals surface area contributed by atoms with E-state index in [2.05, 4.69) is 26.0 Å². The van der Waals surface area contributed by atoms with Crippen molar-refractivity contribution >= 4 is 44.8 Å². The number of benzene rings is 2. The lowest BCUT2D eigenvalue weighted by Crippen LogP contribution is -2.40. The van der Waals surface area contributed by atoms with Gasteiger partial charge in [0.2, 0.25) is 10.0 Å². The summed E-state index contributed by atoms with van der Waals surface area (Å²) in [5.74, 6) is 0.238. The number of primary sulfonamides is 1. The Bertz CT molecular complexity index is 1110. The van der Waals surface area contributed by atoms with E-state index in [-0.39, 0.29) is 10.8 Å². The molecule has 1 heterocycles. The molecule has 0 aliphatic carbocycles. The fourth-order valence-corrected chi connectivity index (χ4v) is 3.81. The van der Waals surface area contributed by atoms with Gasteiger partial charge in [0, 0.05) is 23.7 Å². The maximum absolute atomic E-state index is 12.4. The number of piperidine rings is 1. The average Bonchev–Trinajstić information content (AvgIpc) is 2.78. The largest absolute Gasteiger partial charge is 0.354 e. The first-order valence-electron chi connectivity index (χ1n) is 10.1. The molecule has 2 aromatic carbocycles. The molecular formula is C21H25ClN6O3S. The lowest BCUT2D eigenvalue weighted by molar-refractivity contribution is 0.0955. The first-order chi connectivity index (χ1) is 15.2. The summed E-state index contributed by atoms with van der Waals surface area (Å²) in [4.78, 5) is 14.5. The van der Waals surface area contributed by atoms with Crippen LogP contribution in [-0.4, -0.2) is 43.9 Å². The Morgan fingerprint density at radius 3 is 2.22 bits per heavy atom. The van der Waals surface area contributed by atoms with Gasteiger partial charge in [-0.05, 0) is 74.7 Å². The Balaban J connectivity index is 1.77. The van der Waals surface area contributed by atoms with Gasteiger partial charge in [0.1, 0.15) is 5.71 Å². The summed E-state index contributed by atoms with van der Waals surface area (Å²) in [7, 11) is -3.76. The molecule has 1 saturated heterocycles. The number of rotatable bonds is 6. The number of likely N-dealkylation sites (tertiary alicyclic amines) is 1. The number of nitrogens with one attached hydrogen (secondary N) is 2. The van der Waals surface area contributed by atoms with E-state index in [1.807, 2.05) is 0 Å². The normalized spacial score (nSPS) is 15.4. The lowest BCUT2D eigenvalue weighted by Gasteiger charge is -2.29. The second-order valence-electron chi connectivity index (χ2n) is 7.31. The summed E-state index contributed by atoms with van der Waals surface area (Å²) in [5.41, 5.74) is 7.04. The highest BCUT2D eigenvalue weighted by Crippen LogP contribution is 2.15. The van der Waals surface area contributed by atoms with Gasteiger partial charge in [-0.3, -0.25) is 10.2 Å². The predicted octanol–water partition coefficient (Wildman–Crippen LogP) is 3.00. The third-order valence-corrected chi connectivity index (χ3v) is 6.07. The number of hydrogen-bond donors (Lipinski definition) is 3. The molecule has 1 amide bonds. The lowest BCUT2D eigenvalue weighted by atomic mass is 10.1. The summed E-state index contributed by atoms with van der Waals surface area (Å²) < 4.78 is 22.8. The number of hydrogen-bond acceptors (Lipinski definition) is 6. The van der Waals surface area contributed by atoms with Crippen LogP contribution in [0.4, 0.5) is 5.69 Å². The Kier molecular flexibility index (Phi) is 7.84. The van der Waals surface area contributed by atoms with Crippen LogP contribution in [0.2, 0.25) is 5.02 Å². The van der Waals surface area contributed by atoms with Crippen molar-refractivity contribution in [1.82, 2.24) is 10.3 Å². The van der Waals surface area contributed by atoms with Crippen molar-refractivity contribution < 1.29 is 13.2 Å². The molecule has 2 aromatic rings. The molecule has 1 aliphatic heterocycles. The maximum atomic E-state index is 12.4. The standard InChI is InChI=1S/C21H25ClN6O3S/c1-15(24-27-21(29)16-5-7-17(22)8-6-16)20(28-13-3-2-4-14-28)26-25-18-9-11-19(12-10-18)32(23,30)31/h5-12,25H,2-4,13-14H2,1H3,(H,27,29)(H2,23,30,31)/b24-15+,26-20-. The van der Waals surface area contributed by atoms with Crippen molar-refractivity contribution in [2.75, 3.05) is 18.5 Å². The van der Waals surface area contributed by atoms with Gasteiger partial charge in [-0.25, -0.2) is 19.0 Å². The molecule has 0 radical (unpaired) electrons. The topological polar surface area (TPSA) is 129 Å². The molecule has 0 saturated carbocycles. The molecule has 3 rings (SSSR count). The molecule has 1 aliphatic rings. The SMILES string of the molecule is CC(=N\NC(=O)c1ccc(Cl)cc1)/C(=N/Nc1ccc(S(N)(=O)=O)cc1)N1CCCCC1.